The molecule has 0 fully saturated rings. The Labute approximate surface area is 266 Å². The van der Waals surface area contributed by atoms with Crippen LogP contribution in [0.5, 0.6) is 0 Å². The number of aliphatic hydroxyl groups is 1. The first kappa shape index (κ1) is 35.2. The third-order valence-corrected chi connectivity index (χ3v) is 7.83. The van der Waals surface area contributed by atoms with Crippen LogP contribution in [0, 0.1) is 52.5 Å². The molecular formula is C37H46IrNO3-. The van der Waals surface area contributed by atoms with E-state index in [1.54, 1.807) is 0 Å². The van der Waals surface area contributed by atoms with Crippen molar-refractivity contribution in [2.24, 2.45) is 11.8 Å². The van der Waals surface area contributed by atoms with Gasteiger partial charge in [0, 0.05) is 49.0 Å². The molecular weight excluding hydrogens is 699 g/mol. The molecule has 2 heterocycles. The van der Waals surface area contributed by atoms with E-state index in [0.29, 0.717) is 0 Å². The number of pyridine rings is 1. The Kier molecular flexibility index (Phi) is 13.4. The summed E-state index contributed by atoms with van der Waals surface area (Å²) < 4.78 is 6.12. The van der Waals surface area contributed by atoms with Gasteiger partial charge in [-0.15, -0.1) is 34.9 Å². The summed E-state index contributed by atoms with van der Waals surface area (Å²) in [6.45, 7) is 18.6. The number of fused-ring (bicyclic) bond motifs is 1. The zero-order valence-corrected chi connectivity index (χ0v) is 29.0. The Hall–Kier alpha value is -3.01. The minimum Gasteiger partial charge on any atom is -0.512 e. The first-order valence-corrected chi connectivity index (χ1v) is 14.9. The zero-order valence-electron chi connectivity index (χ0n) is 26.6. The van der Waals surface area contributed by atoms with Crippen LogP contribution in [-0.2, 0) is 24.9 Å². The number of ketones is 1. The molecule has 0 aliphatic rings. The van der Waals surface area contributed by atoms with Gasteiger partial charge in [-0.25, -0.2) is 0 Å². The van der Waals surface area contributed by atoms with Crippen LogP contribution in [0.2, 0.25) is 0 Å². The fourth-order valence-corrected chi connectivity index (χ4v) is 5.60. The van der Waals surface area contributed by atoms with E-state index in [9.17, 15) is 9.90 Å². The van der Waals surface area contributed by atoms with Gasteiger partial charge in [0.1, 0.15) is 5.76 Å². The van der Waals surface area contributed by atoms with Crippen molar-refractivity contribution in [3.8, 4) is 22.6 Å². The minimum absolute atomic E-state index is 0. The molecule has 0 spiro atoms. The van der Waals surface area contributed by atoms with Crippen LogP contribution in [0.15, 0.2) is 58.8 Å². The standard InChI is InChI=1S/C24H22NO.C13H24O2.Ir/c1-14-6-15(2)10-19(9-14)21-11-20-12-22(26-23(20)13-25-21)24-17(4)7-16(3)8-18(24)5;1-5-10(6-2)12(14)9-13(15)11(7-3)8-4;/h6-9,11-13H,1-5H3;9-11,14H,5-8H2,1-4H3;/q-1;;/b;12-9-;. The van der Waals surface area contributed by atoms with Crippen molar-refractivity contribution in [1.29, 1.82) is 0 Å². The maximum Gasteiger partial charge on any atom is 0.162 e. The van der Waals surface area contributed by atoms with Crippen LogP contribution in [-0.4, -0.2) is 15.9 Å². The van der Waals surface area contributed by atoms with Crippen molar-refractivity contribution in [3.05, 3.63) is 88.3 Å². The Morgan fingerprint density at radius 3 is 1.98 bits per heavy atom. The molecule has 0 bridgehead atoms. The number of aryl methyl sites for hydroxylation is 5. The number of aliphatic hydroxyl groups excluding tert-OH is 1. The average Bonchev–Trinajstić information content (AvgIpc) is 3.32. The van der Waals surface area contributed by atoms with Gasteiger partial charge in [0.05, 0.1) is 12.0 Å². The van der Waals surface area contributed by atoms with E-state index in [1.807, 2.05) is 33.9 Å². The van der Waals surface area contributed by atoms with E-state index in [4.69, 9.17) is 4.42 Å². The molecule has 0 saturated carbocycles. The van der Waals surface area contributed by atoms with E-state index >= 15 is 0 Å². The minimum atomic E-state index is 0. The molecule has 0 aliphatic heterocycles. The molecule has 2 aromatic heterocycles. The maximum absolute atomic E-state index is 11.7. The summed E-state index contributed by atoms with van der Waals surface area (Å²) in [7, 11) is 0. The molecule has 0 saturated heterocycles. The predicted octanol–water partition coefficient (Wildman–Crippen LogP) is 10.4. The van der Waals surface area contributed by atoms with Crippen molar-refractivity contribution >= 4 is 16.8 Å². The normalized spacial score (nSPS) is 11.5. The van der Waals surface area contributed by atoms with Gasteiger partial charge in [-0.3, -0.25) is 4.79 Å². The van der Waals surface area contributed by atoms with Gasteiger partial charge in [0.15, 0.2) is 11.4 Å². The third kappa shape index (κ3) is 8.75. The quantitative estimate of drug-likeness (QED) is 0.105. The van der Waals surface area contributed by atoms with E-state index in [1.165, 1.54) is 33.9 Å². The second-order valence-electron chi connectivity index (χ2n) is 11.2. The summed E-state index contributed by atoms with van der Waals surface area (Å²) in [6, 6.07) is 16.3. The van der Waals surface area contributed by atoms with E-state index in [0.717, 1.165) is 59.2 Å². The molecule has 0 amide bonds. The smallest absolute Gasteiger partial charge is 0.162 e. The number of aromatic nitrogens is 1. The Bertz CT molecular complexity index is 1480. The number of rotatable bonds is 9. The SMILES string of the molecule is CCC(CC)C(=O)/C=C(\O)C(CC)CC.Cc1[c-]c(-c2cc3cc(-c4c(C)cc(C)cc4C)oc3cn2)cc(C)c1.[Ir]. The van der Waals surface area contributed by atoms with Gasteiger partial charge in [-0.1, -0.05) is 65.3 Å². The van der Waals surface area contributed by atoms with Crippen LogP contribution in [0.3, 0.4) is 0 Å². The number of carbonyl (C=O) groups is 1. The molecule has 4 aromatic rings. The van der Waals surface area contributed by atoms with Crippen molar-refractivity contribution in [2.45, 2.75) is 88.0 Å². The largest absolute Gasteiger partial charge is 0.512 e. The molecule has 0 atom stereocenters. The Morgan fingerprint density at radius 2 is 1.43 bits per heavy atom. The van der Waals surface area contributed by atoms with Gasteiger partial charge in [-0.05, 0) is 69.3 Å². The van der Waals surface area contributed by atoms with Gasteiger partial charge in [0.25, 0.3) is 0 Å². The maximum atomic E-state index is 11.7. The molecule has 4 rings (SSSR count). The van der Waals surface area contributed by atoms with Gasteiger partial charge >= 0.3 is 0 Å². The van der Waals surface area contributed by atoms with Crippen LogP contribution in [0.25, 0.3) is 33.6 Å². The van der Waals surface area contributed by atoms with Gasteiger partial charge in [0.2, 0.25) is 0 Å². The molecule has 227 valence electrons. The van der Waals surface area contributed by atoms with E-state index in [-0.39, 0.29) is 43.5 Å². The molecule has 1 N–H and O–H groups in total. The molecule has 4 nitrogen and oxygen atoms in total. The number of hydrogen-bond donors (Lipinski definition) is 1. The molecule has 0 unspecified atom stereocenters. The van der Waals surface area contributed by atoms with Gasteiger partial charge < -0.3 is 14.5 Å². The molecule has 0 aliphatic carbocycles. The molecule has 5 heteroatoms. The van der Waals surface area contributed by atoms with E-state index in [2.05, 4.69) is 82.1 Å². The summed E-state index contributed by atoms with van der Waals surface area (Å²) in [4.78, 5) is 16.3. The summed E-state index contributed by atoms with van der Waals surface area (Å²) in [5, 5.41) is 10.8. The first-order valence-electron chi connectivity index (χ1n) is 14.9. The Morgan fingerprint density at radius 1 is 0.857 bits per heavy atom. The molecule has 2 aromatic carbocycles. The molecule has 1 radical (unpaired) electrons. The summed E-state index contributed by atoms with van der Waals surface area (Å²) in [6.07, 6.45) is 6.72. The monoisotopic (exact) mass is 745 g/mol. The Balaban J connectivity index is 0.000000334. The van der Waals surface area contributed by atoms with Crippen molar-refractivity contribution in [1.82, 2.24) is 4.98 Å². The molecule has 42 heavy (non-hydrogen) atoms. The average molecular weight is 745 g/mol. The van der Waals surface area contributed by atoms with Crippen molar-refractivity contribution in [2.75, 3.05) is 0 Å². The second kappa shape index (κ2) is 16.0. The number of carbonyl (C=O) groups excluding carboxylic acids is 1. The number of hydrogen-bond acceptors (Lipinski definition) is 4. The number of furan rings is 1. The third-order valence-electron chi connectivity index (χ3n) is 7.83. The topological polar surface area (TPSA) is 63.3 Å². The number of nitrogens with zero attached hydrogens (tertiary/aromatic N) is 1. The second-order valence-corrected chi connectivity index (χ2v) is 11.2. The fourth-order valence-electron chi connectivity index (χ4n) is 5.60. The number of benzene rings is 2. The van der Waals surface area contributed by atoms with Crippen LogP contribution in [0.4, 0.5) is 0 Å². The zero-order chi connectivity index (χ0) is 30.3. The van der Waals surface area contributed by atoms with Crippen molar-refractivity contribution < 1.29 is 34.4 Å². The number of allylic oxidation sites excluding steroid dienone is 2. The van der Waals surface area contributed by atoms with Gasteiger partial charge in [-0.2, -0.15) is 0 Å². The van der Waals surface area contributed by atoms with E-state index < -0.39 is 0 Å². The summed E-state index contributed by atoms with van der Waals surface area (Å²) >= 11 is 0. The van der Waals surface area contributed by atoms with Crippen LogP contribution in [0.1, 0.15) is 81.2 Å². The van der Waals surface area contributed by atoms with Crippen LogP contribution < -0.4 is 0 Å². The van der Waals surface area contributed by atoms with Crippen LogP contribution >= 0.6 is 0 Å². The van der Waals surface area contributed by atoms with Crippen molar-refractivity contribution in [3.63, 3.8) is 0 Å². The predicted molar refractivity (Wildman–Crippen MR) is 171 cm³/mol. The summed E-state index contributed by atoms with van der Waals surface area (Å²) in [5.74, 6) is 1.45. The fraction of sp³-hybridized carbons (Fsp3) is 0.405. The first-order chi connectivity index (χ1) is 19.5. The summed E-state index contributed by atoms with van der Waals surface area (Å²) in [5.41, 5.74) is 10.0.